The molecule has 0 atom stereocenters. The molecule has 0 radical (unpaired) electrons. The van der Waals surface area contributed by atoms with Crippen molar-refractivity contribution in [2.24, 2.45) is 0 Å². The monoisotopic (exact) mass is 202 g/mol. The summed E-state index contributed by atoms with van der Waals surface area (Å²) >= 11 is 0. The van der Waals surface area contributed by atoms with E-state index in [1.165, 1.54) is 5.56 Å². The summed E-state index contributed by atoms with van der Waals surface area (Å²) in [6.07, 6.45) is 6.06. The summed E-state index contributed by atoms with van der Waals surface area (Å²) in [5, 5.41) is 0. The first-order chi connectivity index (χ1) is 7.22. The highest BCUT2D eigenvalue weighted by Gasteiger charge is 2.02. The van der Waals surface area contributed by atoms with Gasteiger partial charge in [0.1, 0.15) is 0 Å². The van der Waals surface area contributed by atoms with Gasteiger partial charge in [-0.1, -0.05) is 35.7 Å². The van der Waals surface area contributed by atoms with Crippen LogP contribution in [-0.2, 0) is 16.0 Å². The fourth-order valence-corrected chi connectivity index (χ4v) is 1.31. The van der Waals surface area contributed by atoms with E-state index in [9.17, 15) is 4.79 Å². The predicted octanol–water partition coefficient (Wildman–Crippen LogP) is 2.10. The van der Waals surface area contributed by atoms with Crippen LogP contribution in [0.4, 0.5) is 0 Å². The van der Waals surface area contributed by atoms with Crippen molar-refractivity contribution in [3.63, 3.8) is 0 Å². The van der Waals surface area contributed by atoms with E-state index < -0.39 is 0 Å². The van der Waals surface area contributed by atoms with Gasteiger partial charge in [0, 0.05) is 6.42 Å². The molecule has 0 saturated heterocycles. The first-order valence-corrected chi connectivity index (χ1v) is 4.87. The normalized spacial score (nSPS) is 9.33. The summed E-state index contributed by atoms with van der Waals surface area (Å²) in [5.41, 5.74) is 2.34. The third-order valence-corrected chi connectivity index (χ3v) is 2.02. The standard InChI is InChI=1S/C13H14O2/c1-3-9-15-13(14)8-7-12-6-4-5-11(2)10-12/h1,4-6,10H,7-9H2,2H3. The van der Waals surface area contributed by atoms with E-state index in [2.05, 4.69) is 12.0 Å². The highest BCUT2D eigenvalue weighted by Crippen LogP contribution is 2.06. The topological polar surface area (TPSA) is 26.3 Å². The SMILES string of the molecule is C#CCOC(=O)CCc1cccc(C)c1. The van der Waals surface area contributed by atoms with Crippen molar-refractivity contribution in [3.8, 4) is 12.3 Å². The van der Waals surface area contributed by atoms with E-state index in [0.29, 0.717) is 12.8 Å². The van der Waals surface area contributed by atoms with Gasteiger partial charge in [0.05, 0.1) is 0 Å². The number of aryl methyl sites for hydroxylation is 2. The van der Waals surface area contributed by atoms with Gasteiger partial charge in [-0.3, -0.25) is 4.79 Å². The number of rotatable bonds is 4. The predicted molar refractivity (Wildman–Crippen MR) is 59.3 cm³/mol. The molecule has 2 heteroatoms. The molecule has 0 N–H and O–H groups in total. The number of esters is 1. The zero-order chi connectivity index (χ0) is 11.1. The van der Waals surface area contributed by atoms with E-state index in [1.807, 2.05) is 25.1 Å². The van der Waals surface area contributed by atoms with Gasteiger partial charge < -0.3 is 4.74 Å². The molecule has 0 heterocycles. The third kappa shape index (κ3) is 4.33. The molecule has 0 saturated carbocycles. The Bertz CT molecular complexity index is 374. The van der Waals surface area contributed by atoms with Gasteiger partial charge >= 0.3 is 5.97 Å². The van der Waals surface area contributed by atoms with Crippen LogP contribution in [0.1, 0.15) is 17.5 Å². The maximum Gasteiger partial charge on any atom is 0.307 e. The summed E-state index contributed by atoms with van der Waals surface area (Å²) in [4.78, 5) is 11.1. The van der Waals surface area contributed by atoms with Crippen LogP contribution in [0.25, 0.3) is 0 Å². The Morgan fingerprint density at radius 1 is 1.53 bits per heavy atom. The van der Waals surface area contributed by atoms with Gasteiger partial charge in [-0.05, 0) is 18.9 Å². The quantitative estimate of drug-likeness (QED) is 0.552. The number of benzene rings is 1. The van der Waals surface area contributed by atoms with Crippen molar-refractivity contribution in [2.75, 3.05) is 6.61 Å². The Morgan fingerprint density at radius 2 is 2.33 bits per heavy atom. The van der Waals surface area contributed by atoms with Crippen molar-refractivity contribution in [1.29, 1.82) is 0 Å². The molecule has 0 aliphatic carbocycles. The summed E-state index contributed by atoms with van der Waals surface area (Å²) in [6, 6.07) is 8.08. The second kappa shape index (κ2) is 5.87. The number of hydrogen-bond donors (Lipinski definition) is 0. The molecule has 15 heavy (non-hydrogen) atoms. The minimum atomic E-state index is -0.241. The lowest BCUT2D eigenvalue weighted by molar-refractivity contribution is -0.142. The van der Waals surface area contributed by atoms with Crippen molar-refractivity contribution in [3.05, 3.63) is 35.4 Å². The summed E-state index contributed by atoms with van der Waals surface area (Å²) in [5.74, 6) is 2.02. The smallest absolute Gasteiger partial charge is 0.307 e. The van der Waals surface area contributed by atoms with Gasteiger partial charge in [-0.2, -0.15) is 0 Å². The molecule has 1 aromatic rings. The number of carbonyl (C=O) groups excluding carboxylic acids is 1. The van der Waals surface area contributed by atoms with Crippen LogP contribution in [0.15, 0.2) is 24.3 Å². The Morgan fingerprint density at radius 3 is 3.00 bits per heavy atom. The van der Waals surface area contributed by atoms with Crippen LogP contribution in [0.2, 0.25) is 0 Å². The van der Waals surface area contributed by atoms with Crippen molar-refractivity contribution < 1.29 is 9.53 Å². The molecule has 0 aliphatic heterocycles. The lowest BCUT2D eigenvalue weighted by Gasteiger charge is -2.02. The average Bonchev–Trinajstić information content (AvgIpc) is 2.23. The minimum absolute atomic E-state index is 0.0622. The van der Waals surface area contributed by atoms with Crippen molar-refractivity contribution in [2.45, 2.75) is 19.8 Å². The highest BCUT2D eigenvalue weighted by molar-refractivity contribution is 5.69. The molecule has 2 nitrogen and oxygen atoms in total. The molecule has 0 unspecified atom stereocenters. The maximum absolute atomic E-state index is 11.1. The number of hydrogen-bond acceptors (Lipinski definition) is 2. The first kappa shape index (κ1) is 11.3. The summed E-state index contributed by atoms with van der Waals surface area (Å²) in [7, 11) is 0. The van der Waals surface area contributed by atoms with E-state index in [-0.39, 0.29) is 12.6 Å². The van der Waals surface area contributed by atoms with Crippen LogP contribution in [0.5, 0.6) is 0 Å². The second-order valence-corrected chi connectivity index (χ2v) is 3.35. The molecule has 1 aromatic carbocycles. The van der Waals surface area contributed by atoms with Gasteiger partial charge in [0.2, 0.25) is 0 Å². The number of ether oxygens (including phenoxy) is 1. The lowest BCUT2D eigenvalue weighted by atomic mass is 10.1. The molecule has 0 bridgehead atoms. The zero-order valence-corrected chi connectivity index (χ0v) is 8.82. The Kier molecular flexibility index (Phi) is 4.43. The lowest BCUT2D eigenvalue weighted by Crippen LogP contribution is -2.05. The van der Waals surface area contributed by atoms with Crippen molar-refractivity contribution in [1.82, 2.24) is 0 Å². The molecule has 78 valence electrons. The summed E-state index contributed by atoms with van der Waals surface area (Å²) < 4.78 is 4.77. The number of carbonyl (C=O) groups is 1. The Balaban J connectivity index is 2.37. The summed E-state index contributed by atoms with van der Waals surface area (Å²) in [6.45, 7) is 2.09. The minimum Gasteiger partial charge on any atom is -0.452 e. The van der Waals surface area contributed by atoms with Crippen LogP contribution < -0.4 is 0 Å². The number of terminal acetylenes is 1. The van der Waals surface area contributed by atoms with E-state index in [0.717, 1.165) is 5.56 Å². The average molecular weight is 202 g/mol. The Hall–Kier alpha value is -1.75. The second-order valence-electron chi connectivity index (χ2n) is 3.35. The van der Waals surface area contributed by atoms with Crippen LogP contribution in [0.3, 0.4) is 0 Å². The molecule has 0 aliphatic rings. The van der Waals surface area contributed by atoms with Crippen LogP contribution in [0, 0.1) is 19.3 Å². The molecule has 0 amide bonds. The van der Waals surface area contributed by atoms with E-state index in [4.69, 9.17) is 11.2 Å². The van der Waals surface area contributed by atoms with Crippen molar-refractivity contribution >= 4 is 5.97 Å². The first-order valence-electron chi connectivity index (χ1n) is 4.87. The zero-order valence-electron chi connectivity index (χ0n) is 8.82. The fraction of sp³-hybridized carbons (Fsp3) is 0.308. The van der Waals surface area contributed by atoms with E-state index in [1.54, 1.807) is 0 Å². The largest absolute Gasteiger partial charge is 0.452 e. The fourth-order valence-electron chi connectivity index (χ4n) is 1.31. The molecule has 0 fully saturated rings. The highest BCUT2D eigenvalue weighted by atomic mass is 16.5. The molecular weight excluding hydrogens is 188 g/mol. The van der Waals surface area contributed by atoms with Crippen LogP contribution in [-0.4, -0.2) is 12.6 Å². The maximum atomic E-state index is 11.1. The third-order valence-electron chi connectivity index (χ3n) is 2.02. The van der Waals surface area contributed by atoms with E-state index >= 15 is 0 Å². The van der Waals surface area contributed by atoms with Gasteiger partial charge in [-0.15, -0.1) is 6.42 Å². The molecule has 0 spiro atoms. The molecule has 0 aromatic heterocycles. The van der Waals surface area contributed by atoms with Crippen LogP contribution >= 0.6 is 0 Å². The van der Waals surface area contributed by atoms with Gasteiger partial charge in [0.25, 0.3) is 0 Å². The molecular formula is C13H14O2. The molecule has 1 rings (SSSR count). The van der Waals surface area contributed by atoms with Gasteiger partial charge in [0.15, 0.2) is 6.61 Å². The van der Waals surface area contributed by atoms with Gasteiger partial charge in [-0.25, -0.2) is 0 Å². The Labute approximate surface area is 90.3 Å².